The van der Waals surface area contributed by atoms with Crippen molar-refractivity contribution >= 4 is 5.78 Å². The van der Waals surface area contributed by atoms with Crippen molar-refractivity contribution in [1.29, 1.82) is 0 Å². The van der Waals surface area contributed by atoms with Crippen molar-refractivity contribution in [3.8, 4) is 34.3 Å². The molecule has 2 aliphatic carbocycles. The molecule has 0 amide bonds. The molecule has 2 N–H and O–H groups in total. The normalized spacial score (nSPS) is 32.0. The maximum absolute atomic E-state index is 13.8. The van der Waals surface area contributed by atoms with E-state index in [1.165, 1.54) is 34.5 Å². The van der Waals surface area contributed by atoms with Crippen molar-refractivity contribution < 1.29 is 43.1 Å². The van der Waals surface area contributed by atoms with Gasteiger partial charge in [0.1, 0.15) is 28.5 Å². The molecule has 0 saturated heterocycles. The zero-order chi connectivity index (χ0) is 29.5. The molecule has 0 spiro atoms. The van der Waals surface area contributed by atoms with E-state index in [2.05, 4.69) is 0 Å². The van der Waals surface area contributed by atoms with Crippen LogP contribution in [0.15, 0.2) is 39.2 Å². The van der Waals surface area contributed by atoms with Gasteiger partial charge in [-0.15, -0.1) is 0 Å². The fourth-order valence-electron chi connectivity index (χ4n) is 7.17. The first-order chi connectivity index (χ1) is 18.7. The molecule has 0 unspecified atom stereocenters. The topological polar surface area (TPSA) is 134 Å². The average Bonchev–Trinajstić information content (AvgIpc) is 2.92. The Balaban J connectivity index is 1.67. The van der Waals surface area contributed by atoms with Gasteiger partial charge in [-0.3, -0.25) is 4.79 Å². The van der Waals surface area contributed by atoms with E-state index in [4.69, 9.17) is 28.1 Å². The molecule has 40 heavy (non-hydrogen) atoms. The summed E-state index contributed by atoms with van der Waals surface area (Å²) in [5.41, 5.74) is -7.86. The third kappa shape index (κ3) is 3.23. The molecule has 0 radical (unpaired) electrons. The molecule has 10 heteroatoms. The Morgan fingerprint density at radius 3 is 2.00 bits per heavy atom. The first-order valence-electron chi connectivity index (χ1n) is 13.1. The van der Waals surface area contributed by atoms with Crippen molar-refractivity contribution in [2.24, 2.45) is 10.8 Å². The molecule has 5 rings (SSSR count). The number of carbonyl (C=O) groups is 1. The second kappa shape index (κ2) is 8.75. The third-order valence-electron chi connectivity index (χ3n) is 9.84. The third-order valence-corrected chi connectivity index (χ3v) is 9.84. The van der Waals surface area contributed by atoms with E-state index in [-0.39, 0.29) is 36.3 Å². The highest BCUT2D eigenvalue weighted by molar-refractivity contribution is 5.99. The summed E-state index contributed by atoms with van der Waals surface area (Å²) in [7, 11) is 5.91. The number of hydrogen-bond donors (Lipinski definition) is 2. The molecule has 4 atom stereocenters. The zero-order valence-electron chi connectivity index (χ0n) is 24.1. The van der Waals surface area contributed by atoms with Gasteiger partial charge in [0.15, 0.2) is 17.3 Å². The molecule has 1 aromatic heterocycles. The van der Waals surface area contributed by atoms with Crippen LogP contribution in [0.5, 0.6) is 23.0 Å². The first-order valence-corrected chi connectivity index (χ1v) is 13.1. The van der Waals surface area contributed by atoms with E-state index in [0.717, 1.165) is 0 Å². The largest absolute Gasteiger partial charge is 0.500 e. The summed E-state index contributed by atoms with van der Waals surface area (Å²) in [5, 5.41) is 24.7. The molecule has 1 aliphatic heterocycles. The van der Waals surface area contributed by atoms with Crippen LogP contribution in [-0.4, -0.2) is 61.2 Å². The van der Waals surface area contributed by atoms with Gasteiger partial charge < -0.3 is 38.3 Å². The summed E-state index contributed by atoms with van der Waals surface area (Å²) in [6.45, 7) is 6.84. The second-order valence-electron chi connectivity index (χ2n) is 11.7. The minimum Gasteiger partial charge on any atom is -0.500 e. The van der Waals surface area contributed by atoms with Gasteiger partial charge in [0.05, 0.1) is 50.4 Å². The predicted octanol–water partition coefficient (Wildman–Crippen LogP) is 3.43. The molecule has 1 aromatic carbocycles. The van der Waals surface area contributed by atoms with Gasteiger partial charge in [0.25, 0.3) is 0 Å². The highest BCUT2D eigenvalue weighted by atomic mass is 16.5. The lowest BCUT2D eigenvalue weighted by atomic mass is 9.41. The summed E-state index contributed by atoms with van der Waals surface area (Å²) in [4.78, 5) is 27.2. The zero-order valence-corrected chi connectivity index (χ0v) is 24.1. The maximum atomic E-state index is 13.8. The molecule has 0 bridgehead atoms. The standard InChI is InChI=1S/C30H36O10/c1-26(2)23(37-7)14-22(31)28(4)29(26,33)10-9-27(3)30(28,34)15-17-19(40-27)13-18(39-25(17)32)16-11-20(35-5)24(38-8)21(12-16)36-6/h11-14,33-34H,9-10,15H2,1-8H3/t27-,28+,29+,30+/m1/s1. The summed E-state index contributed by atoms with van der Waals surface area (Å²) >= 11 is 0. The number of aliphatic hydroxyl groups is 2. The molecule has 1 fully saturated rings. The second-order valence-corrected chi connectivity index (χ2v) is 11.7. The first kappa shape index (κ1) is 28.0. The molecular formula is C30H36O10. The van der Waals surface area contributed by atoms with Gasteiger partial charge in [-0.25, -0.2) is 4.79 Å². The lowest BCUT2D eigenvalue weighted by Crippen LogP contribution is -2.82. The van der Waals surface area contributed by atoms with E-state index in [1.54, 1.807) is 45.9 Å². The molecule has 3 aliphatic rings. The molecule has 216 valence electrons. The van der Waals surface area contributed by atoms with Gasteiger partial charge in [0.2, 0.25) is 5.75 Å². The van der Waals surface area contributed by atoms with Crippen LogP contribution in [0, 0.1) is 10.8 Å². The SMILES string of the molecule is COC1=CC(=O)[C@]2(C)[C@]3(O)Cc4c(cc(-c5cc(OC)c(OC)c(OC)c5)oc4=O)O[C@]3(C)CC[C@]2(O)C1(C)C. The van der Waals surface area contributed by atoms with Crippen LogP contribution < -0.4 is 24.6 Å². The number of rotatable bonds is 5. The quantitative estimate of drug-likeness (QED) is 0.564. The minimum atomic E-state index is -1.95. The number of carbonyl (C=O) groups excluding carboxylic acids is 1. The fraction of sp³-hybridized carbons (Fsp3) is 0.533. The summed E-state index contributed by atoms with van der Waals surface area (Å²) in [5.74, 6) is 1.40. The minimum absolute atomic E-state index is 0.0776. The molecule has 2 heterocycles. The van der Waals surface area contributed by atoms with Gasteiger partial charge in [0, 0.05) is 24.1 Å². The average molecular weight is 557 g/mol. The number of ether oxygens (including phenoxy) is 5. The van der Waals surface area contributed by atoms with Crippen LogP contribution in [0.4, 0.5) is 0 Å². The van der Waals surface area contributed by atoms with Gasteiger partial charge in [-0.1, -0.05) is 0 Å². The molecule has 10 nitrogen and oxygen atoms in total. The number of ketones is 1. The number of benzene rings is 1. The van der Waals surface area contributed by atoms with Gasteiger partial charge in [-0.05, 0) is 52.7 Å². The van der Waals surface area contributed by atoms with Crippen LogP contribution in [0.1, 0.15) is 46.1 Å². The number of hydrogen-bond acceptors (Lipinski definition) is 10. The number of allylic oxidation sites excluding steroid dienone is 1. The van der Waals surface area contributed by atoms with E-state index in [0.29, 0.717) is 28.6 Å². The van der Waals surface area contributed by atoms with Crippen LogP contribution in [-0.2, 0) is 16.0 Å². The van der Waals surface area contributed by atoms with E-state index >= 15 is 0 Å². The van der Waals surface area contributed by atoms with E-state index in [1.807, 2.05) is 0 Å². The summed E-state index contributed by atoms with van der Waals surface area (Å²) < 4.78 is 33.9. The monoisotopic (exact) mass is 556 g/mol. The summed E-state index contributed by atoms with van der Waals surface area (Å²) in [6, 6.07) is 4.88. The van der Waals surface area contributed by atoms with Crippen LogP contribution in [0.25, 0.3) is 11.3 Å². The van der Waals surface area contributed by atoms with Crippen LogP contribution in [0.3, 0.4) is 0 Å². The smallest absolute Gasteiger partial charge is 0.343 e. The Kier molecular flexibility index (Phi) is 6.13. The van der Waals surface area contributed by atoms with Crippen LogP contribution in [0.2, 0.25) is 0 Å². The van der Waals surface area contributed by atoms with Crippen molar-refractivity contribution in [3.63, 3.8) is 0 Å². The molecule has 1 saturated carbocycles. The van der Waals surface area contributed by atoms with Crippen molar-refractivity contribution in [1.82, 2.24) is 0 Å². The number of fused-ring (bicyclic) bond motifs is 4. The fourth-order valence-corrected chi connectivity index (χ4v) is 7.17. The van der Waals surface area contributed by atoms with Crippen LogP contribution >= 0.6 is 0 Å². The lowest BCUT2D eigenvalue weighted by Gasteiger charge is -2.68. The Bertz CT molecular complexity index is 1460. The number of methoxy groups -OCH3 is 4. The van der Waals surface area contributed by atoms with Crippen molar-refractivity contribution in [2.75, 3.05) is 28.4 Å². The molecule has 2 aromatic rings. The Labute approximate surface area is 232 Å². The van der Waals surface area contributed by atoms with Crippen molar-refractivity contribution in [3.05, 3.63) is 46.0 Å². The van der Waals surface area contributed by atoms with Crippen molar-refractivity contribution in [2.45, 2.75) is 63.8 Å². The van der Waals surface area contributed by atoms with Gasteiger partial charge >= 0.3 is 5.63 Å². The predicted molar refractivity (Wildman–Crippen MR) is 144 cm³/mol. The lowest BCUT2D eigenvalue weighted by molar-refractivity contribution is -0.302. The Morgan fingerprint density at radius 1 is 0.825 bits per heavy atom. The molecular weight excluding hydrogens is 520 g/mol. The maximum Gasteiger partial charge on any atom is 0.343 e. The van der Waals surface area contributed by atoms with E-state index in [9.17, 15) is 19.8 Å². The summed E-state index contributed by atoms with van der Waals surface area (Å²) in [6.07, 6.45) is 1.44. The highest BCUT2D eigenvalue weighted by Crippen LogP contribution is 2.66. The Morgan fingerprint density at radius 2 is 1.45 bits per heavy atom. The Hall–Kier alpha value is -3.50. The highest BCUT2D eigenvalue weighted by Gasteiger charge is 2.79. The van der Waals surface area contributed by atoms with E-state index < -0.39 is 39.0 Å². The van der Waals surface area contributed by atoms with Gasteiger partial charge in [-0.2, -0.15) is 0 Å².